The monoisotopic (exact) mass is 340 g/mol. The number of nitrogen functional groups attached to an aromatic ring is 1. The number of halogens is 1. The highest BCUT2D eigenvalue weighted by atomic mass is 19.1. The molecule has 0 fully saturated rings. The number of amides is 1. The molecule has 0 atom stereocenters. The lowest BCUT2D eigenvalue weighted by atomic mass is 10.2. The Labute approximate surface area is 143 Å². The predicted molar refractivity (Wildman–Crippen MR) is 90.9 cm³/mol. The van der Waals surface area contributed by atoms with Crippen LogP contribution in [0, 0.1) is 5.82 Å². The molecule has 25 heavy (non-hydrogen) atoms. The van der Waals surface area contributed by atoms with Gasteiger partial charge in [0.1, 0.15) is 17.5 Å². The predicted octanol–water partition coefficient (Wildman–Crippen LogP) is 2.01. The molecule has 0 saturated heterocycles. The number of anilines is 1. The highest BCUT2D eigenvalue weighted by Crippen LogP contribution is 2.18. The SMILES string of the molecule is CCn1ccnc1CNC(=O)c1cnc(-c2cccc(F)c2)nc1N. The number of benzene rings is 1. The zero-order chi connectivity index (χ0) is 17.8. The van der Waals surface area contributed by atoms with Gasteiger partial charge < -0.3 is 15.6 Å². The number of nitrogens with zero attached hydrogens (tertiary/aromatic N) is 4. The second-order valence-electron chi connectivity index (χ2n) is 5.32. The minimum absolute atomic E-state index is 0.0330. The lowest BCUT2D eigenvalue weighted by Crippen LogP contribution is -2.26. The van der Waals surface area contributed by atoms with E-state index in [1.807, 2.05) is 17.7 Å². The van der Waals surface area contributed by atoms with E-state index in [0.29, 0.717) is 5.56 Å². The van der Waals surface area contributed by atoms with Crippen molar-refractivity contribution < 1.29 is 9.18 Å². The van der Waals surface area contributed by atoms with Crippen molar-refractivity contribution in [1.82, 2.24) is 24.8 Å². The zero-order valence-corrected chi connectivity index (χ0v) is 13.6. The molecule has 8 heteroatoms. The van der Waals surface area contributed by atoms with Crippen LogP contribution < -0.4 is 11.1 Å². The molecular weight excluding hydrogens is 323 g/mol. The fourth-order valence-electron chi connectivity index (χ4n) is 2.39. The molecule has 0 bridgehead atoms. The first-order valence-corrected chi connectivity index (χ1v) is 7.75. The molecular formula is C17H17FN6O. The second-order valence-corrected chi connectivity index (χ2v) is 5.32. The van der Waals surface area contributed by atoms with E-state index in [2.05, 4.69) is 20.3 Å². The summed E-state index contributed by atoms with van der Waals surface area (Å²) >= 11 is 0. The maximum atomic E-state index is 13.3. The number of imidazole rings is 1. The van der Waals surface area contributed by atoms with Crippen molar-refractivity contribution in [2.24, 2.45) is 0 Å². The van der Waals surface area contributed by atoms with E-state index >= 15 is 0 Å². The third kappa shape index (κ3) is 3.63. The molecule has 1 amide bonds. The van der Waals surface area contributed by atoms with Gasteiger partial charge in [-0.05, 0) is 19.1 Å². The quantitative estimate of drug-likeness (QED) is 0.740. The number of nitrogens with two attached hydrogens (primary N) is 1. The van der Waals surface area contributed by atoms with Crippen molar-refractivity contribution in [3.8, 4) is 11.4 Å². The van der Waals surface area contributed by atoms with Crippen LogP contribution in [0.2, 0.25) is 0 Å². The Kier molecular flexibility index (Phi) is 4.69. The largest absolute Gasteiger partial charge is 0.383 e. The Balaban J connectivity index is 1.75. The summed E-state index contributed by atoms with van der Waals surface area (Å²) < 4.78 is 15.2. The standard InChI is InChI=1S/C17H17FN6O/c1-2-24-7-6-20-14(24)10-22-17(25)13-9-21-16(23-15(13)19)11-4-3-5-12(18)8-11/h3-9H,2,10H2,1H3,(H,22,25)(H2,19,21,23). The first-order valence-electron chi connectivity index (χ1n) is 7.75. The molecule has 7 nitrogen and oxygen atoms in total. The van der Waals surface area contributed by atoms with Crippen LogP contribution >= 0.6 is 0 Å². The van der Waals surface area contributed by atoms with Gasteiger partial charge in [0.25, 0.3) is 5.91 Å². The average Bonchev–Trinajstić information content (AvgIpc) is 3.07. The van der Waals surface area contributed by atoms with Gasteiger partial charge in [-0.3, -0.25) is 4.79 Å². The topological polar surface area (TPSA) is 98.7 Å². The molecule has 3 N–H and O–H groups in total. The number of carbonyl (C=O) groups excluding carboxylic acids is 1. The van der Waals surface area contributed by atoms with Gasteiger partial charge in [-0.25, -0.2) is 19.3 Å². The fraction of sp³-hybridized carbons (Fsp3) is 0.176. The van der Waals surface area contributed by atoms with Crippen molar-refractivity contribution >= 4 is 11.7 Å². The minimum atomic E-state index is -0.395. The Morgan fingerprint density at radius 3 is 2.92 bits per heavy atom. The molecule has 1 aromatic carbocycles. The molecule has 0 aliphatic carbocycles. The summed E-state index contributed by atoms with van der Waals surface area (Å²) in [5, 5.41) is 2.74. The van der Waals surface area contributed by atoms with Crippen LogP contribution in [0.1, 0.15) is 23.1 Å². The average molecular weight is 340 g/mol. The summed E-state index contributed by atoms with van der Waals surface area (Å²) in [5.41, 5.74) is 6.53. The molecule has 2 aromatic heterocycles. The Morgan fingerprint density at radius 2 is 2.20 bits per heavy atom. The van der Waals surface area contributed by atoms with E-state index in [9.17, 15) is 9.18 Å². The van der Waals surface area contributed by atoms with Gasteiger partial charge in [0.05, 0.1) is 12.1 Å². The van der Waals surface area contributed by atoms with Crippen LogP contribution in [0.4, 0.5) is 10.2 Å². The van der Waals surface area contributed by atoms with Crippen LogP contribution in [-0.4, -0.2) is 25.4 Å². The van der Waals surface area contributed by atoms with Gasteiger partial charge in [0.15, 0.2) is 5.82 Å². The van der Waals surface area contributed by atoms with E-state index in [-0.39, 0.29) is 23.8 Å². The van der Waals surface area contributed by atoms with Gasteiger partial charge in [-0.2, -0.15) is 0 Å². The lowest BCUT2D eigenvalue weighted by Gasteiger charge is -2.09. The van der Waals surface area contributed by atoms with Crippen molar-refractivity contribution in [3.05, 3.63) is 60.1 Å². The third-order valence-electron chi connectivity index (χ3n) is 3.70. The highest BCUT2D eigenvalue weighted by Gasteiger charge is 2.14. The molecule has 3 aromatic rings. The van der Waals surface area contributed by atoms with Crippen molar-refractivity contribution in [3.63, 3.8) is 0 Å². The zero-order valence-electron chi connectivity index (χ0n) is 13.6. The van der Waals surface area contributed by atoms with E-state index in [1.54, 1.807) is 18.3 Å². The minimum Gasteiger partial charge on any atom is -0.383 e. The second kappa shape index (κ2) is 7.08. The smallest absolute Gasteiger partial charge is 0.256 e. The first kappa shape index (κ1) is 16.6. The molecule has 3 rings (SSSR count). The number of nitrogens with one attached hydrogen (secondary N) is 1. The Bertz CT molecular complexity index is 908. The van der Waals surface area contributed by atoms with Gasteiger partial charge in [-0.15, -0.1) is 0 Å². The first-order chi connectivity index (χ1) is 12.1. The van der Waals surface area contributed by atoms with Crippen molar-refractivity contribution in [2.75, 3.05) is 5.73 Å². The molecule has 0 saturated carbocycles. The van der Waals surface area contributed by atoms with Gasteiger partial charge in [0, 0.05) is 30.7 Å². The normalized spacial score (nSPS) is 10.6. The maximum absolute atomic E-state index is 13.3. The molecule has 128 valence electrons. The summed E-state index contributed by atoms with van der Waals surface area (Å²) in [5.74, 6) is 0.245. The van der Waals surface area contributed by atoms with Crippen LogP contribution in [-0.2, 0) is 13.1 Å². The summed E-state index contributed by atoms with van der Waals surface area (Å²) in [4.78, 5) is 24.7. The molecule has 0 radical (unpaired) electrons. The number of carbonyl (C=O) groups is 1. The van der Waals surface area contributed by atoms with Crippen LogP contribution in [0.3, 0.4) is 0 Å². The Morgan fingerprint density at radius 1 is 1.36 bits per heavy atom. The van der Waals surface area contributed by atoms with Crippen LogP contribution in [0.5, 0.6) is 0 Å². The van der Waals surface area contributed by atoms with E-state index in [4.69, 9.17) is 5.73 Å². The molecule has 0 spiro atoms. The maximum Gasteiger partial charge on any atom is 0.256 e. The van der Waals surface area contributed by atoms with E-state index in [1.165, 1.54) is 18.3 Å². The summed E-state index contributed by atoms with van der Waals surface area (Å²) in [6.07, 6.45) is 4.85. The molecule has 0 aliphatic heterocycles. The van der Waals surface area contributed by atoms with E-state index < -0.39 is 11.7 Å². The third-order valence-corrected chi connectivity index (χ3v) is 3.70. The van der Waals surface area contributed by atoms with Crippen LogP contribution in [0.25, 0.3) is 11.4 Å². The van der Waals surface area contributed by atoms with Crippen LogP contribution in [0.15, 0.2) is 42.9 Å². The summed E-state index contributed by atoms with van der Waals surface area (Å²) in [6.45, 7) is 3.02. The fourth-order valence-corrected chi connectivity index (χ4v) is 2.39. The Hall–Kier alpha value is -3.29. The van der Waals surface area contributed by atoms with Crippen molar-refractivity contribution in [1.29, 1.82) is 0 Å². The van der Waals surface area contributed by atoms with Gasteiger partial charge in [0.2, 0.25) is 0 Å². The van der Waals surface area contributed by atoms with Gasteiger partial charge >= 0.3 is 0 Å². The molecule has 2 heterocycles. The number of aromatic nitrogens is 4. The van der Waals surface area contributed by atoms with Gasteiger partial charge in [-0.1, -0.05) is 12.1 Å². The summed E-state index contributed by atoms with van der Waals surface area (Å²) in [7, 11) is 0. The number of hydrogen-bond acceptors (Lipinski definition) is 5. The summed E-state index contributed by atoms with van der Waals surface area (Å²) in [6, 6.07) is 5.86. The number of rotatable bonds is 5. The number of aryl methyl sites for hydroxylation is 1. The van der Waals surface area contributed by atoms with Crippen molar-refractivity contribution in [2.45, 2.75) is 20.0 Å². The highest BCUT2D eigenvalue weighted by molar-refractivity contribution is 5.98. The van der Waals surface area contributed by atoms with E-state index in [0.717, 1.165) is 12.4 Å². The molecule has 0 aliphatic rings. The number of hydrogen-bond donors (Lipinski definition) is 2. The molecule has 0 unspecified atom stereocenters. The lowest BCUT2D eigenvalue weighted by molar-refractivity contribution is 0.0949.